The van der Waals surface area contributed by atoms with E-state index < -0.39 is 16.4 Å². The highest BCUT2D eigenvalue weighted by Gasteiger charge is 2.35. The zero-order valence-electron chi connectivity index (χ0n) is 13.0. The monoisotopic (exact) mass is 346 g/mol. The Hall–Kier alpha value is -2.68. The number of nitrogens with one attached hydrogen (secondary N) is 1. The first kappa shape index (κ1) is 16.2. The first-order valence-corrected chi connectivity index (χ1v) is 8.34. The Morgan fingerprint density at radius 2 is 2.08 bits per heavy atom. The molecule has 0 radical (unpaired) electrons. The van der Waals surface area contributed by atoms with Crippen LogP contribution in [0.25, 0.3) is 0 Å². The maximum Gasteiger partial charge on any atom is 0.279 e. The number of hydrogen-bond acceptors (Lipinski definition) is 6. The summed E-state index contributed by atoms with van der Waals surface area (Å²) in [6, 6.07) is 6.16. The molecule has 2 heterocycles. The normalized spacial score (nSPS) is 16.4. The molecular formula is C15H14N4O4S. The molecule has 2 aromatic rings. The summed E-state index contributed by atoms with van der Waals surface area (Å²) in [7, 11) is 1.69. The number of benzene rings is 1. The molecular weight excluding hydrogens is 332 g/mol. The van der Waals surface area contributed by atoms with E-state index in [-0.39, 0.29) is 23.6 Å². The molecule has 0 spiro atoms. The summed E-state index contributed by atoms with van der Waals surface area (Å²) in [6.07, 6.45) is 1.74. The zero-order chi connectivity index (χ0) is 17.4. The number of anilines is 1. The minimum Gasteiger partial charge on any atom is -0.312 e. The number of para-hydroxylation sites is 1. The SMILES string of the molecule is CSc1nc(=O)c2c(n1C)NC(=O)CC2c1ccccc1[N+](=O)[O-]. The van der Waals surface area contributed by atoms with Crippen LogP contribution in [0.15, 0.2) is 34.2 Å². The highest BCUT2D eigenvalue weighted by Crippen LogP contribution is 2.39. The van der Waals surface area contributed by atoms with Crippen LogP contribution in [0.3, 0.4) is 0 Å². The predicted octanol–water partition coefficient (Wildman–Crippen LogP) is 1.88. The lowest BCUT2D eigenvalue weighted by Gasteiger charge is -2.27. The van der Waals surface area contributed by atoms with Crippen LogP contribution in [0.2, 0.25) is 0 Å². The lowest BCUT2D eigenvalue weighted by molar-refractivity contribution is -0.385. The van der Waals surface area contributed by atoms with E-state index in [2.05, 4.69) is 10.3 Å². The van der Waals surface area contributed by atoms with Gasteiger partial charge in [0.25, 0.3) is 11.2 Å². The van der Waals surface area contributed by atoms with Gasteiger partial charge in [0, 0.05) is 31.0 Å². The molecule has 9 heteroatoms. The Morgan fingerprint density at radius 3 is 2.75 bits per heavy atom. The summed E-state index contributed by atoms with van der Waals surface area (Å²) in [5.74, 6) is -0.643. The summed E-state index contributed by atoms with van der Waals surface area (Å²) in [5, 5.41) is 14.5. The van der Waals surface area contributed by atoms with Crippen LogP contribution in [0.5, 0.6) is 0 Å². The van der Waals surface area contributed by atoms with E-state index in [4.69, 9.17) is 0 Å². The fraction of sp³-hybridized carbons (Fsp3) is 0.267. The number of thioether (sulfide) groups is 1. The van der Waals surface area contributed by atoms with Crippen molar-refractivity contribution >= 4 is 29.2 Å². The molecule has 1 N–H and O–H groups in total. The molecule has 0 bridgehead atoms. The summed E-state index contributed by atoms with van der Waals surface area (Å²) in [4.78, 5) is 39.5. The van der Waals surface area contributed by atoms with Gasteiger partial charge in [0.1, 0.15) is 5.82 Å². The average molecular weight is 346 g/mol. The number of carbonyl (C=O) groups excluding carboxylic acids is 1. The van der Waals surface area contributed by atoms with E-state index in [1.165, 1.54) is 17.8 Å². The highest BCUT2D eigenvalue weighted by molar-refractivity contribution is 7.98. The van der Waals surface area contributed by atoms with E-state index in [1.807, 2.05) is 0 Å². The van der Waals surface area contributed by atoms with Crippen LogP contribution in [0.4, 0.5) is 11.5 Å². The van der Waals surface area contributed by atoms with Gasteiger partial charge in [-0.3, -0.25) is 19.7 Å². The lowest BCUT2D eigenvalue weighted by Crippen LogP contribution is -2.33. The zero-order valence-corrected chi connectivity index (χ0v) is 13.8. The summed E-state index contributed by atoms with van der Waals surface area (Å²) >= 11 is 1.28. The first-order valence-electron chi connectivity index (χ1n) is 7.12. The molecule has 1 amide bonds. The van der Waals surface area contributed by atoms with Crippen LogP contribution >= 0.6 is 11.8 Å². The maximum absolute atomic E-state index is 12.5. The van der Waals surface area contributed by atoms with Gasteiger partial charge in [-0.15, -0.1) is 0 Å². The molecule has 1 unspecified atom stereocenters. The minimum atomic E-state index is -0.697. The van der Waals surface area contributed by atoms with Crippen LogP contribution < -0.4 is 10.9 Å². The smallest absolute Gasteiger partial charge is 0.279 e. The summed E-state index contributed by atoms with van der Waals surface area (Å²) in [6.45, 7) is 0. The molecule has 0 aliphatic carbocycles. The van der Waals surface area contributed by atoms with E-state index in [1.54, 1.807) is 36.1 Å². The molecule has 0 saturated heterocycles. The van der Waals surface area contributed by atoms with Crippen molar-refractivity contribution < 1.29 is 9.72 Å². The fourth-order valence-electron chi connectivity index (χ4n) is 2.93. The number of carbonyl (C=O) groups is 1. The number of nitro benzene ring substituents is 1. The van der Waals surface area contributed by atoms with Crippen molar-refractivity contribution in [2.24, 2.45) is 7.05 Å². The number of nitrogens with zero attached hydrogens (tertiary/aromatic N) is 3. The third-order valence-electron chi connectivity index (χ3n) is 3.99. The quantitative estimate of drug-likeness (QED) is 0.393. The largest absolute Gasteiger partial charge is 0.312 e. The number of nitro groups is 1. The molecule has 3 rings (SSSR count). The van der Waals surface area contributed by atoms with Gasteiger partial charge in [-0.1, -0.05) is 30.0 Å². The summed E-state index contributed by atoms with van der Waals surface area (Å²) < 4.78 is 1.63. The number of hydrogen-bond donors (Lipinski definition) is 1. The molecule has 1 aromatic carbocycles. The van der Waals surface area contributed by atoms with Crippen molar-refractivity contribution in [3.05, 3.63) is 55.9 Å². The van der Waals surface area contributed by atoms with Crippen molar-refractivity contribution in [2.45, 2.75) is 17.5 Å². The Morgan fingerprint density at radius 1 is 1.38 bits per heavy atom. The van der Waals surface area contributed by atoms with Gasteiger partial charge in [0.15, 0.2) is 5.16 Å². The fourth-order valence-corrected chi connectivity index (χ4v) is 3.47. The second-order valence-corrected chi connectivity index (χ2v) is 6.12. The van der Waals surface area contributed by atoms with Crippen LogP contribution in [0, 0.1) is 10.1 Å². The Bertz CT molecular complexity index is 909. The Kier molecular flexibility index (Phi) is 4.10. The van der Waals surface area contributed by atoms with Crippen molar-refractivity contribution in [1.82, 2.24) is 9.55 Å². The van der Waals surface area contributed by atoms with Gasteiger partial charge in [-0.05, 0) is 6.26 Å². The molecule has 1 aliphatic heterocycles. The average Bonchev–Trinajstić information content (AvgIpc) is 2.57. The second kappa shape index (κ2) is 6.08. The molecule has 8 nitrogen and oxygen atoms in total. The van der Waals surface area contributed by atoms with Gasteiger partial charge in [-0.2, -0.15) is 4.98 Å². The topological polar surface area (TPSA) is 107 Å². The van der Waals surface area contributed by atoms with Crippen LogP contribution in [-0.4, -0.2) is 26.6 Å². The molecule has 0 saturated carbocycles. The Balaban J connectivity index is 2.28. The van der Waals surface area contributed by atoms with Gasteiger partial charge >= 0.3 is 0 Å². The van der Waals surface area contributed by atoms with Gasteiger partial charge in [0.05, 0.1) is 10.5 Å². The standard InChI is InChI=1S/C15H14N4O4S/c1-18-13-12(14(21)17-15(18)24-2)9(7-11(20)16-13)8-5-3-4-6-10(8)19(22)23/h3-6,9H,7H2,1-2H3,(H,16,20). The van der Waals surface area contributed by atoms with Crippen LogP contribution in [-0.2, 0) is 11.8 Å². The van der Waals surface area contributed by atoms with Crippen molar-refractivity contribution in [3.8, 4) is 0 Å². The number of amides is 1. The van der Waals surface area contributed by atoms with Gasteiger partial charge < -0.3 is 9.88 Å². The minimum absolute atomic E-state index is 0.0343. The van der Waals surface area contributed by atoms with Crippen molar-refractivity contribution in [3.63, 3.8) is 0 Å². The summed E-state index contributed by atoms with van der Waals surface area (Å²) in [5.41, 5.74) is 0.0355. The molecule has 1 aromatic heterocycles. The first-order chi connectivity index (χ1) is 11.4. The van der Waals surface area contributed by atoms with Gasteiger partial charge in [-0.25, -0.2) is 0 Å². The number of rotatable bonds is 3. The van der Waals surface area contributed by atoms with E-state index >= 15 is 0 Å². The van der Waals surface area contributed by atoms with Crippen molar-refractivity contribution in [1.29, 1.82) is 0 Å². The van der Waals surface area contributed by atoms with Crippen LogP contribution in [0.1, 0.15) is 23.5 Å². The highest BCUT2D eigenvalue weighted by atomic mass is 32.2. The lowest BCUT2D eigenvalue weighted by atomic mass is 9.86. The maximum atomic E-state index is 12.5. The Labute approximate surface area is 141 Å². The number of fused-ring (bicyclic) bond motifs is 1. The second-order valence-electron chi connectivity index (χ2n) is 5.35. The van der Waals surface area contributed by atoms with Gasteiger partial charge in [0.2, 0.25) is 5.91 Å². The number of aromatic nitrogens is 2. The van der Waals surface area contributed by atoms with E-state index in [0.717, 1.165) is 0 Å². The predicted molar refractivity (Wildman–Crippen MR) is 89.4 cm³/mol. The third kappa shape index (κ3) is 2.56. The van der Waals surface area contributed by atoms with E-state index in [9.17, 15) is 19.7 Å². The third-order valence-corrected chi connectivity index (χ3v) is 4.72. The molecule has 124 valence electrons. The molecule has 0 fully saturated rings. The molecule has 24 heavy (non-hydrogen) atoms. The van der Waals surface area contributed by atoms with E-state index in [0.29, 0.717) is 16.5 Å². The molecule has 1 atom stereocenters. The molecule has 1 aliphatic rings. The van der Waals surface area contributed by atoms with Crippen molar-refractivity contribution in [2.75, 3.05) is 11.6 Å².